The van der Waals surface area contributed by atoms with E-state index in [0.717, 1.165) is 36.0 Å². The third-order valence-corrected chi connectivity index (χ3v) is 5.96. The molecule has 1 fully saturated rings. The molecule has 4 nitrogen and oxygen atoms in total. The second-order valence-electron chi connectivity index (χ2n) is 8.38. The Hall–Kier alpha value is -2.20. The smallest absolute Gasteiger partial charge is 0.143 e. The van der Waals surface area contributed by atoms with Gasteiger partial charge in [0.1, 0.15) is 12.0 Å². The summed E-state index contributed by atoms with van der Waals surface area (Å²) in [6.07, 6.45) is 6.26. The Kier molecular flexibility index (Phi) is 4.31. The first kappa shape index (κ1) is 17.2. The van der Waals surface area contributed by atoms with Crippen LogP contribution in [0, 0.1) is 5.92 Å². The molecule has 2 aromatic heterocycles. The molecular weight excluding hydrogens is 322 g/mol. The Morgan fingerprint density at radius 1 is 1.12 bits per heavy atom. The summed E-state index contributed by atoms with van der Waals surface area (Å²) in [5.74, 6) is 0.343. The third kappa shape index (κ3) is 3.03. The van der Waals surface area contributed by atoms with E-state index in [9.17, 15) is 5.11 Å². The Balaban J connectivity index is 1.67. The van der Waals surface area contributed by atoms with Crippen molar-refractivity contribution in [1.29, 1.82) is 0 Å². The SMILES string of the molecule is C[C@H]1C[C@@H](n2ccc3c(CC(C)(C)c4ccccc4)ncnc32)C[C@@H]1O. The number of aromatic nitrogens is 3. The quantitative estimate of drug-likeness (QED) is 0.765. The van der Waals surface area contributed by atoms with Crippen molar-refractivity contribution in [3.8, 4) is 0 Å². The molecule has 3 atom stereocenters. The van der Waals surface area contributed by atoms with Gasteiger partial charge >= 0.3 is 0 Å². The maximum absolute atomic E-state index is 10.1. The van der Waals surface area contributed by atoms with E-state index in [0.29, 0.717) is 12.0 Å². The Labute approximate surface area is 154 Å². The molecular formula is C22H27N3O. The molecule has 0 radical (unpaired) electrons. The highest BCUT2D eigenvalue weighted by Gasteiger charge is 2.32. The van der Waals surface area contributed by atoms with Crippen LogP contribution in [0.2, 0.25) is 0 Å². The molecule has 2 heterocycles. The molecule has 1 aromatic carbocycles. The molecule has 0 unspecified atom stereocenters. The largest absolute Gasteiger partial charge is 0.393 e. The zero-order chi connectivity index (χ0) is 18.3. The van der Waals surface area contributed by atoms with E-state index >= 15 is 0 Å². The van der Waals surface area contributed by atoms with Gasteiger partial charge in [-0.1, -0.05) is 51.1 Å². The molecule has 4 heteroatoms. The van der Waals surface area contributed by atoms with Gasteiger partial charge in [-0.05, 0) is 42.2 Å². The predicted molar refractivity (Wildman–Crippen MR) is 104 cm³/mol. The van der Waals surface area contributed by atoms with Crippen molar-refractivity contribution in [3.63, 3.8) is 0 Å². The Morgan fingerprint density at radius 2 is 1.88 bits per heavy atom. The molecule has 1 N–H and O–H groups in total. The predicted octanol–water partition coefficient (Wildman–Crippen LogP) is 4.28. The van der Waals surface area contributed by atoms with Crippen molar-refractivity contribution >= 4 is 11.0 Å². The van der Waals surface area contributed by atoms with Gasteiger partial charge in [-0.15, -0.1) is 0 Å². The molecule has 0 spiro atoms. The molecule has 1 aliphatic carbocycles. The van der Waals surface area contributed by atoms with Gasteiger partial charge in [0.05, 0.1) is 11.8 Å². The molecule has 26 heavy (non-hydrogen) atoms. The van der Waals surface area contributed by atoms with Crippen molar-refractivity contribution in [2.45, 2.75) is 57.6 Å². The summed E-state index contributed by atoms with van der Waals surface area (Å²) in [7, 11) is 0. The van der Waals surface area contributed by atoms with Crippen LogP contribution in [0.15, 0.2) is 48.9 Å². The molecule has 0 amide bonds. The maximum Gasteiger partial charge on any atom is 0.143 e. The lowest BCUT2D eigenvalue weighted by Gasteiger charge is -2.25. The van der Waals surface area contributed by atoms with Crippen molar-refractivity contribution in [3.05, 3.63) is 60.2 Å². The minimum absolute atomic E-state index is 0.00269. The highest BCUT2D eigenvalue weighted by atomic mass is 16.3. The summed E-state index contributed by atoms with van der Waals surface area (Å²) in [5, 5.41) is 11.3. The van der Waals surface area contributed by atoms with Crippen LogP contribution >= 0.6 is 0 Å². The fourth-order valence-electron chi connectivity index (χ4n) is 4.29. The normalized spacial score (nSPS) is 23.6. The summed E-state index contributed by atoms with van der Waals surface area (Å²) >= 11 is 0. The molecule has 0 saturated heterocycles. The zero-order valence-corrected chi connectivity index (χ0v) is 15.8. The number of rotatable bonds is 4. The fourth-order valence-corrected chi connectivity index (χ4v) is 4.29. The minimum atomic E-state index is -0.212. The van der Waals surface area contributed by atoms with Crippen LogP contribution in [0.4, 0.5) is 0 Å². The number of fused-ring (bicyclic) bond motifs is 1. The van der Waals surface area contributed by atoms with Gasteiger partial charge in [-0.2, -0.15) is 0 Å². The summed E-state index contributed by atoms with van der Waals surface area (Å²) in [6.45, 7) is 6.66. The highest BCUT2D eigenvalue weighted by molar-refractivity contribution is 5.79. The number of nitrogens with zero attached hydrogens (tertiary/aromatic N) is 3. The number of benzene rings is 1. The monoisotopic (exact) mass is 349 g/mol. The van der Waals surface area contributed by atoms with Crippen LogP contribution in [0.3, 0.4) is 0 Å². The van der Waals surface area contributed by atoms with E-state index in [2.05, 4.69) is 77.9 Å². The molecule has 1 aliphatic rings. The Bertz CT molecular complexity index is 890. The second kappa shape index (κ2) is 6.51. The van der Waals surface area contributed by atoms with Crippen LogP contribution in [-0.2, 0) is 11.8 Å². The van der Waals surface area contributed by atoms with Gasteiger partial charge in [0.15, 0.2) is 0 Å². The molecule has 1 saturated carbocycles. The first-order valence-corrected chi connectivity index (χ1v) is 9.50. The topological polar surface area (TPSA) is 50.9 Å². The van der Waals surface area contributed by atoms with Gasteiger partial charge in [-0.25, -0.2) is 9.97 Å². The van der Waals surface area contributed by atoms with Crippen LogP contribution in [0.25, 0.3) is 11.0 Å². The van der Waals surface area contributed by atoms with Crippen LogP contribution < -0.4 is 0 Å². The second-order valence-corrected chi connectivity index (χ2v) is 8.38. The fraction of sp³-hybridized carbons (Fsp3) is 0.455. The van der Waals surface area contributed by atoms with Gasteiger partial charge in [0.2, 0.25) is 0 Å². The average Bonchev–Trinajstić information content (AvgIpc) is 3.20. The zero-order valence-electron chi connectivity index (χ0n) is 15.8. The van der Waals surface area contributed by atoms with E-state index < -0.39 is 0 Å². The van der Waals surface area contributed by atoms with Gasteiger partial charge in [0, 0.05) is 17.6 Å². The number of aliphatic hydroxyl groups is 1. The lowest BCUT2D eigenvalue weighted by molar-refractivity contribution is 0.139. The van der Waals surface area contributed by atoms with Crippen LogP contribution in [-0.4, -0.2) is 25.7 Å². The van der Waals surface area contributed by atoms with E-state index in [1.165, 1.54) is 5.56 Å². The van der Waals surface area contributed by atoms with E-state index in [1.54, 1.807) is 6.33 Å². The number of hydrogen-bond donors (Lipinski definition) is 1. The Morgan fingerprint density at radius 3 is 2.58 bits per heavy atom. The maximum atomic E-state index is 10.1. The van der Waals surface area contributed by atoms with Gasteiger partial charge in [0.25, 0.3) is 0 Å². The summed E-state index contributed by atoms with van der Waals surface area (Å²) < 4.78 is 2.24. The third-order valence-electron chi connectivity index (χ3n) is 5.96. The minimum Gasteiger partial charge on any atom is -0.393 e. The van der Waals surface area contributed by atoms with E-state index in [4.69, 9.17) is 0 Å². The number of hydrogen-bond acceptors (Lipinski definition) is 3. The molecule has 136 valence electrons. The lowest BCUT2D eigenvalue weighted by atomic mass is 9.80. The molecule has 0 bridgehead atoms. The lowest BCUT2D eigenvalue weighted by Crippen LogP contribution is -2.21. The first-order valence-electron chi connectivity index (χ1n) is 9.50. The first-order chi connectivity index (χ1) is 12.5. The van der Waals surface area contributed by atoms with Crippen molar-refractivity contribution < 1.29 is 5.11 Å². The van der Waals surface area contributed by atoms with Gasteiger partial charge < -0.3 is 9.67 Å². The molecule has 4 rings (SSSR count). The van der Waals surface area contributed by atoms with E-state index in [-0.39, 0.29) is 11.5 Å². The average molecular weight is 349 g/mol. The standard InChI is InChI=1S/C22H27N3O/c1-15-11-17(12-20(15)26)25-10-9-18-19(23-14-24-21(18)25)13-22(2,3)16-7-5-4-6-8-16/h4-10,14-15,17,20,26H,11-13H2,1-3H3/t15-,17+,20-/m0/s1. The van der Waals surface area contributed by atoms with Crippen molar-refractivity contribution in [1.82, 2.24) is 14.5 Å². The molecule has 3 aromatic rings. The number of aliphatic hydroxyl groups excluding tert-OH is 1. The molecule has 0 aliphatic heterocycles. The summed E-state index contributed by atoms with van der Waals surface area (Å²) in [4.78, 5) is 9.18. The van der Waals surface area contributed by atoms with Crippen molar-refractivity contribution in [2.24, 2.45) is 5.92 Å². The summed E-state index contributed by atoms with van der Waals surface area (Å²) in [6, 6.07) is 13.1. The van der Waals surface area contributed by atoms with Crippen molar-refractivity contribution in [2.75, 3.05) is 0 Å². The van der Waals surface area contributed by atoms with Crippen LogP contribution in [0.1, 0.15) is 50.9 Å². The summed E-state index contributed by atoms with van der Waals surface area (Å²) in [5.41, 5.74) is 3.40. The highest BCUT2D eigenvalue weighted by Crippen LogP contribution is 2.37. The van der Waals surface area contributed by atoms with Crippen LogP contribution in [0.5, 0.6) is 0 Å². The van der Waals surface area contributed by atoms with E-state index in [1.807, 2.05) is 0 Å². The van der Waals surface area contributed by atoms with Gasteiger partial charge in [-0.3, -0.25) is 0 Å².